The highest BCUT2D eigenvalue weighted by Gasteiger charge is 2.08. The molecule has 84 valence electrons. The summed E-state index contributed by atoms with van der Waals surface area (Å²) in [7, 11) is 1.56. The number of nitrogens with zero attached hydrogens (tertiary/aromatic N) is 2. The maximum atomic E-state index is 4.61. The minimum atomic E-state index is 0.371. The van der Waals surface area contributed by atoms with Gasteiger partial charge >= 0.3 is 0 Å². The molecule has 0 aliphatic carbocycles. The first-order valence-corrected chi connectivity index (χ1v) is 5.57. The normalized spacial score (nSPS) is 18.8. The molecule has 3 nitrogen and oxygen atoms in total. The monoisotopic (exact) mass is 208 g/mol. The van der Waals surface area contributed by atoms with Crippen LogP contribution in [0.2, 0.25) is 0 Å². The molecule has 1 aliphatic heterocycles. The van der Waals surface area contributed by atoms with Crippen molar-refractivity contribution in [2.75, 3.05) is 26.7 Å². The molecule has 0 amide bonds. The molecular formula is C12H20N2O. The van der Waals surface area contributed by atoms with E-state index >= 15 is 0 Å². The fourth-order valence-electron chi connectivity index (χ4n) is 1.56. The fourth-order valence-corrected chi connectivity index (χ4v) is 1.56. The van der Waals surface area contributed by atoms with Gasteiger partial charge in [-0.05, 0) is 25.9 Å². The predicted octanol–water partition coefficient (Wildman–Crippen LogP) is 1.74. The summed E-state index contributed by atoms with van der Waals surface area (Å²) in [4.78, 5) is 7.02. The van der Waals surface area contributed by atoms with Crippen molar-refractivity contribution < 1.29 is 4.84 Å². The zero-order valence-electron chi connectivity index (χ0n) is 9.70. The molecule has 0 saturated carbocycles. The van der Waals surface area contributed by atoms with Crippen molar-refractivity contribution in [2.45, 2.75) is 26.2 Å². The van der Waals surface area contributed by atoms with Crippen LogP contribution in [-0.2, 0) is 4.84 Å². The summed E-state index contributed by atoms with van der Waals surface area (Å²) in [6.07, 6.45) is 5.32. The summed E-state index contributed by atoms with van der Waals surface area (Å²) in [6.45, 7) is 5.45. The second kappa shape index (κ2) is 7.30. The molecule has 3 heteroatoms. The molecule has 1 atom stereocenters. The standard InChI is InChI=1S/C12H20N2O/c1-12(11-13-15-2)7-3-4-8-14-9-5-6-10-14/h11-12H,5-10H2,1-2H3/b13-11+. The Hall–Kier alpha value is -1.01. The summed E-state index contributed by atoms with van der Waals surface area (Å²) >= 11 is 0. The molecular weight excluding hydrogens is 188 g/mol. The molecule has 15 heavy (non-hydrogen) atoms. The van der Waals surface area contributed by atoms with Gasteiger partial charge in [0.1, 0.15) is 7.11 Å². The van der Waals surface area contributed by atoms with Crippen molar-refractivity contribution in [3.8, 4) is 11.8 Å². The highest BCUT2D eigenvalue weighted by atomic mass is 16.6. The van der Waals surface area contributed by atoms with Gasteiger partial charge in [0, 0.05) is 18.6 Å². The van der Waals surface area contributed by atoms with Crippen molar-refractivity contribution in [1.82, 2.24) is 4.90 Å². The number of likely N-dealkylation sites (tertiary alicyclic amines) is 1. The first kappa shape index (κ1) is 12.1. The molecule has 1 unspecified atom stereocenters. The van der Waals surface area contributed by atoms with Crippen LogP contribution >= 0.6 is 0 Å². The van der Waals surface area contributed by atoms with Crippen LogP contribution in [0, 0.1) is 17.8 Å². The first-order chi connectivity index (χ1) is 7.33. The summed E-state index contributed by atoms with van der Waals surface area (Å²) in [5.74, 6) is 6.76. The Kier molecular flexibility index (Phi) is 5.87. The number of rotatable bonds is 4. The molecule has 0 aromatic carbocycles. The SMILES string of the molecule is CO/N=C/C(C)CC#CCN1CCCC1. The van der Waals surface area contributed by atoms with Crippen LogP contribution in [0.25, 0.3) is 0 Å². The van der Waals surface area contributed by atoms with E-state index in [1.165, 1.54) is 25.9 Å². The van der Waals surface area contributed by atoms with E-state index in [0.29, 0.717) is 5.92 Å². The summed E-state index contributed by atoms with van der Waals surface area (Å²) < 4.78 is 0. The Morgan fingerprint density at radius 3 is 2.80 bits per heavy atom. The van der Waals surface area contributed by atoms with E-state index in [-0.39, 0.29) is 0 Å². The zero-order chi connectivity index (χ0) is 10.9. The maximum absolute atomic E-state index is 4.61. The number of hydrogen-bond acceptors (Lipinski definition) is 3. The van der Waals surface area contributed by atoms with E-state index in [0.717, 1.165) is 13.0 Å². The molecule has 1 rings (SSSR count). The lowest BCUT2D eigenvalue weighted by Crippen LogP contribution is -2.19. The van der Waals surface area contributed by atoms with Crippen molar-refractivity contribution >= 4 is 6.21 Å². The largest absolute Gasteiger partial charge is 0.399 e. The van der Waals surface area contributed by atoms with Crippen LogP contribution in [0.1, 0.15) is 26.2 Å². The third-order valence-corrected chi connectivity index (χ3v) is 2.47. The zero-order valence-corrected chi connectivity index (χ0v) is 9.70. The van der Waals surface area contributed by atoms with E-state index in [4.69, 9.17) is 0 Å². The van der Waals surface area contributed by atoms with Crippen LogP contribution in [0.15, 0.2) is 5.16 Å². The Morgan fingerprint density at radius 1 is 1.40 bits per heavy atom. The fraction of sp³-hybridized carbons (Fsp3) is 0.750. The minimum Gasteiger partial charge on any atom is -0.399 e. The van der Waals surface area contributed by atoms with E-state index in [2.05, 4.69) is 33.7 Å². The van der Waals surface area contributed by atoms with E-state index < -0.39 is 0 Å². The topological polar surface area (TPSA) is 24.8 Å². The molecule has 0 N–H and O–H groups in total. The Labute approximate surface area is 92.5 Å². The van der Waals surface area contributed by atoms with Crippen LogP contribution in [0.5, 0.6) is 0 Å². The molecule has 0 aromatic rings. The molecule has 1 aliphatic rings. The summed E-state index contributed by atoms with van der Waals surface area (Å²) in [5, 5.41) is 3.72. The maximum Gasteiger partial charge on any atom is 0.106 e. The lowest BCUT2D eigenvalue weighted by molar-refractivity contribution is 0.213. The van der Waals surface area contributed by atoms with Gasteiger partial charge in [-0.3, -0.25) is 4.90 Å². The van der Waals surface area contributed by atoms with E-state index in [9.17, 15) is 0 Å². The summed E-state index contributed by atoms with van der Waals surface area (Å²) in [6, 6.07) is 0. The number of hydrogen-bond donors (Lipinski definition) is 0. The second-order valence-corrected chi connectivity index (χ2v) is 3.96. The molecule has 1 saturated heterocycles. The highest BCUT2D eigenvalue weighted by Crippen LogP contribution is 2.05. The van der Waals surface area contributed by atoms with Crippen LogP contribution in [0.4, 0.5) is 0 Å². The average Bonchev–Trinajstić information content (AvgIpc) is 2.74. The van der Waals surface area contributed by atoms with Crippen molar-refractivity contribution in [2.24, 2.45) is 11.1 Å². The predicted molar refractivity (Wildman–Crippen MR) is 62.7 cm³/mol. The molecule has 0 spiro atoms. The lowest BCUT2D eigenvalue weighted by Gasteiger charge is -2.08. The number of oxime groups is 1. The quantitative estimate of drug-likeness (QED) is 0.399. The van der Waals surface area contributed by atoms with E-state index in [1.54, 1.807) is 13.3 Å². The molecule has 1 fully saturated rings. The third-order valence-electron chi connectivity index (χ3n) is 2.47. The third kappa shape index (κ3) is 5.44. The Bertz CT molecular complexity index is 246. The summed E-state index contributed by atoms with van der Waals surface area (Å²) in [5.41, 5.74) is 0. The van der Waals surface area contributed by atoms with Crippen molar-refractivity contribution in [3.63, 3.8) is 0 Å². The van der Waals surface area contributed by atoms with Gasteiger partial charge in [-0.15, -0.1) is 5.92 Å². The van der Waals surface area contributed by atoms with Gasteiger partial charge < -0.3 is 4.84 Å². The van der Waals surface area contributed by atoms with Crippen molar-refractivity contribution in [3.05, 3.63) is 0 Å². The van der Waals surface area contributed by atoms with Crippen LogP contribution in [0.3, 0.4) is 0 Å². The van der Waals surface area contributed by atoms with Gasteiger partial charge in [0.25, 0.3) is 0 Å². The van der Waals surface area contributed by atoms with Gasteiger partial charge in [-0.2, -0.15) is 0 Å². The average molecular weight is 208 g/mol. The molecule has 0 aromatic heterocycles. The molecule has 0 radical (unpaired) electrons. The first-order valence-electron chi connectivity index (χ1n) is 5.57. The highest BCUT2D eigenvalue weighted by molar-refractivity contribution is 5.59. The van der Waals surface area contributed by atoms with Crippen molar-refractivity contribution in [1.29, 1.82) is 0 Å². The van der Waals surface area contributed by atoms with E-state index in [1.807, 2.05) is 0 Å². The van der Waals surface area contributed by atoms with Gasteiger partial charge in [-0.25, -0.2) is 0 Å². The second-order valence-electron chi connectivity index (χ2n) is 3.96. The Morgan fingerprint density at radius 2 is 2.13 bits per heavy atom. The minimum absolute atomic E-state index is 0.371. The smallest absolute Gasteiger partial charge is 0.106 e. The van der Waals surface area contributed by atoms with Gasteiger partial charge in [-0.1, -0.05) is 18.0 Å². The van der Waals surface area contributed by atoms with Gasteiger partial charge in [0.2, 0.25) is 0 Å². The van der Waals surface area contributed by atoms with Gasteiger partial charge in [0.15, 0.2) is 0 Å². The van der Waals surface area contributed by atoms with Crippen LogP contribution < -0.4 is 0 Å². The molecule has 1 heterocycles. The Balaban J connectivity index is 2.12. The van der Waals surface area contributed by atoms with Gasteiger partial charge in [0.05, 0.1) is 6.54 Å². The lowest BCUT2D eigenvalue weighted by atomic mass is 10.1. The molecule has 0 bridgehead atoms. The van der Waals surface area contributed by atoms with Crippen LogP contribution in [-0.4, -0.2) is 37.9 Å².